The molecule has 0 aromatic heterocycles. The molecule has 0 unspecified atom stereocenters. The van der Waals surface area contributed by atoms with Crippen molar-refractivity contribution in [3.8, 4) is 0 Å². The Morgan fingerprint density at radius 3 is 2.50 bits per heavy atom. The lowest BCUT2D eigenvalue weighted by Gasteiger charge is -2.12. The predicted molar refractivity (Wildman–Crippen MR) is 91.6 cm³/mol. The Morgan fingerprint density at radius 1 is 1.29 bits per heavy atom. The molecule has 0 saturated carbocycles. The highest BCUT2D eigenvalue weighted by Gasteiger charge is 2.13. The second kappa shape index (κ2) is 7.19. The van der Waals surface area contributed by atoms with E-state index in [4.69, 9.17) is 5.11 Å². The average molecular weight is 325 g/mol. The van der Waals surface area contributed by atoms with E-state index in [0.29, 0.717) is 17.1 Å². The minimum Gasteiger partial charge on any atom is -0.478 e. The van der Waals surface area contributed by atoms with Gasteiger partial charge in [-0.2, -0.15) is 0 Å². The third-order valence-corrected chi connectivity index (χ3v) is 3.30. The third-order valence-electron chi connectivity index (χ3n) is 3.30. The van der Waals surface area contributed by atoms with E-state index < -0.39 is 10.9 Å². The minimum absolute atomic E-state index is 0.0459. The summed E-state index contributed by atoms with van der Waals surface area (Å²) in [5.74, 6) is -0.634. The largest absolute Gasteiger partial charge is 0.478 e. The number of hydrogen-bond acceptors (Lipinski definition) is 4. The fraction of sp³-hybridized carbons (Fsp3) is 0.0588. The topological polar surface area (TPSA) is 105 Å². The number of anilines is 1. The Bertz CT molecular complexity index is 826. The minimum atomic E-state index is -1.02. The van der Waals surface area contributed by atoms with Crippen LogP contribution in [0.3, 0.4) is 0 Å². The zero-order valence-electron chi connectivity index (χ0n) is 12.9. The number of aliphatic imine (C=N–C) groups is 1. The maximum atomic E-state index is 11.0. The predicted octanol–water partition coefficient (Wildman–Crippen LogP) is 3.60. The first-order chi connectivity index (χ1) is 11.4. The van der Waals surface area contributed by atoms with E-state index in [9.17, 15) is 14.9 Å². The molecular weight excluding hydrogens is 310 g/mol. The number of rotatable bonds is 5. The van der Waals surface area contributed by atoms with E-state index in [1.165, 1.54) is 30.5 Å². The molecule has 0 aliphatic carbocycles. The van der Waals surface area contributed by atoms with Crippen LogP contribution in [-0.4, -0.2) is 21.8 Å². The Balaban J connectivity index is 2.38. The number of carboxylic acids is 1. The Kier molecular flexibility index (Phi) is 5.06. The first-order valence-electron chi connectivity index (χ1n) is 6.97. The molecule has 7 heteroatoms. The molecule has 0 heterocycles. The molecule has 2 aromatic rings. The molecule has 122 valence electrons. The van der Waals surface area contributed by atoms with Gasteiger partial charge in [-0.25, -0.2) is 9.79 Å². The summed E-state index contributed by atoms with van der Waals surface area (Å²) in [6.45, 7) is 5.37. The molecular formula is C17H15N3O4. The number of nitro benzene ring substituents is 1. The van der Waals surface area contributed by atoms with Gasteiger partial charge >= 0.3 is 5.97 Å². The van der Waals surface area contributed by atoms with Crippen molar-refractivity contribution in [1.82, 2.24) is 0 Å². The number of carbonyl (C=O) groups is 1. The number of non-ortho nitro benzene ring substituents is 1. The standard InChI is InChI=1S/C17H15N3O4/c1-3-18-16(15-10-14(20(23)24)9-4-11(15)2)19-13-7-5-12(6-8-13)17(21)22/h3-10H,1H2,2H3,(H,18,19)(H,21,22). The maximum absolute atomic E-state index is 11.0. The SMILES string of the molecule is C=CN=C(Nc1ccc(C(=O)O)cc1)c1cc([N+](=O)[O-])ccc1C. The van der Waals surface area contributed by atoms with Crippen LogP contribution in [0.25, 0.3) is 0 Å². The molecule has 0 atom stereocenters. The molecule has 24 heavy (non-hydrogen) atoms. The highest BCUT2D eigenvalue weighted by Crippen LogP contribution is 2.20. The monoisotopic (exact) mass is 325 g/mol. The first-order valence-corrected chi connectivity index (χ1v) is 6.97. The number of benzene rings is 2. The lowest BCUT2D eigenvalue weighted by atomic mass is 10.1. The lowest BCUT2D eigenvalue weighted by molar-refractivity contribution is -0.384. The number of hydrogen-bond donors (Lipinski definition) is 2. The molecule has 2 N–H and O–H groups in total. The van der Waals surface area contributed by atoms with Crippen LogP contribution < -0.4 is 5.32 Å². The zero-order chi connectivity index (χ0) is 17.7. The van der Waals surface area contributed by atoms with E-state index in [0.717, 1.165) is 5.56 Å². The summed E-state index contributed by atoms with van der Waals surface area (Å²) in [4.78, 5) is 25.5. The van der Waals surface area contributed by atoms with Crippen LogP contribution in [-0.2, 0) is 0 Å². The van der Waals surface area contributed by atoms with Gasteiger partial charge in [0.2, 0.25) is 0 Å². The van der Waals surface area contributed by atoms with Crippen molar-refractivity contribution >= 4 is 23.2 Å². The van der Waals surface area contributed by atoms with Crippen molar-refractivity contribution in [2.75, 3.05) is 5.32 Å². The highest BCUT2D eigenvalue weighted by molar-refractivity contribution is 6.09. The number of carboxylic acid groups (broad SMARTS) is 1. The molecule has 7 nitrogen and oxygen atoms in total. The Hall–Kier alpha value is -3.48. The first kappa shape index (κ1) is 16.9. The molecule has 0 bridgehead atoms. The molecule has 2 rings (SSSR count). The van der Waals surface area contributed by atoms with Crippen molar-refractivity contribution in [1.29, 1.82) is 0 Å². The van der Waals surface area contributed by atoms with Crippen LogP contribution in [0.4, 0.5) is 11.4 Å². The summed E-state index contributed by atoms with van der Waals surface area (Å²) in [5, 5.41) is 22.9. The van der Waals surface area contributed by atoms with E-state index >= 15 is 0 Å². The molecule has 0 radical (unpaired) electrons. The van der Waals surface area contributed by atoms with Gasteiger partial charge in [-0.05, 0) is 36.8 Å². The van der Waals surface area contributed by atoms with Crippen LogP contribution in [0.5, 0.6) is 0 Å². The summed E-state index contributed by atoms with van der Waals surface area (Å²) in [6, 6.07) is 10.6. The summed E-state index contributed by atoms with van der Waals surface area (Å²) in [6.07, 6.45) is 1.33. The summed E-state index contributed by atoms with van der Waals surface area (Å²) in [5.41, 5.74) is 2.08. The van der Waals surface area contributed by atoms with Gasteiger partial charge in [0.1, 0.15) is 5.84 Å². The van der Waals surface area contributed by atoms with E-state index in [1.54, 1.807) is 18.2 Å². The van der Waals surface area contributed by atoms with Gasteiger partial charge in [0.15, 0.2) is 0 Å². The van der Waals surface area contributed by atoms with Crippen molar-refractivity contribution < 1.29 is 14.8 Å². The van der Waals surface area contributed by atoms with E-state index in [1.807, 2.05) is 6.92 Å². The molecule has 0 spiro atoms. The number of amidine groups is 1. The molecule has 0 aliphatic heterocycles. The third kappa shape index (κ3) is 3.83. The molecule has 2 aromatic carbocycles. The number of nitrogens with one attached hydrogen (secondary N) is 1. The van der Waals surface area contributed by atoms with Gasteiger partial charge in [-0.15, -0.1) is 0 Å². The number of nitrogens with zero attached hydrogens (tertiary/aromatic N) is 2. The van der Waals surface area contributed by atoms with Crippen LogP contribution in [0.1, 0.15) is 21.5 Å². The Labute approximate surface area is 138 Å². The summed E-state index contributed by atoms with van der Waals surface area (Å²) >= 11 is 0. The second-order valence-electron chi connectivity index (χ2n) is 4.92. The van der Waals surface area contributed by atoms with Gasteiger partial charge in [-0.3, -0.25) is 10.1 Å². The van der Waals surface area contributed by atoms with Crippen molar-refractivity contribution in [3.63, 3.8) is 0 Å². The van der Waals surface area contributed by atoms with Crippen LogP contribution in [0.15, 0.2) is 60.2 Å². The number of aryl methyl sites for hydroxylation is 1. The smallest absolute Gasteiger partial charge is 0.335 e. The van der Waals surface area contributed by atoms with Crippen molar-refractivity contribution in [2.24, 2.45) is 4.99 Å². The lowest BCUT2D eigenvalue weighted by Crippen LogP contribution is -2.15. The van der Waals surface area contributed by atoms with Gasteiger partial charge in [0, 0.05) is 29.6 Å². The normalized spacial score (nSPS) is 11.0. The van der Waals surface area contributed by atoms with Gasteiger partial charge < -0.3 is 10.4 Å². The number of aromatic carboxylic acids is 1. The van der Waals surface area contributed by atoms with Gasteiger partial charge in [-0.1, -0.05) is 12.6 Å². The summed E-state index contributed by atoms with van der Waals surface area (Å²) in [7, 11) is 0. The van der Waals surface area contributed by atoms with Gasteiger partial charge in [0.05, 0.1) is 10.5 Å². The fourth-order valence-electron chi connectivity index (χ4n) is 2.07. The summed E-state index contributed by atoms with van der Waals surface area (Å²) < 4.78 is 0. The van der Waals surface area contributed by atoms with Crippen LogP contribution >= 0.6 is 0 Å². The molecule has 0 saturated heterocycles. The fourth-order valence-corrected chi connectivity index (χ4v) is 2.07. The second-order valence-corrected chi connectivity index (χ2v) is 4.92. The van der Waals surface area contributed by atoms with Crippen molar-refractivity contribution in [2.45, 2.75) is 6.92 Å². The Morgan fingerprint density at radius 2 is 1.96 bits per heavy atom. The van der Waals surface area contributed by atoms with Crippen LogP contribution in [0, 0.1) is 17.0 Å². The number of nitro groups is 1. The van der Waals surface area contributed by atoms with E-state index in [2.05, 4.69) is 16.9 Å². The molecule has 0 fully saturated rings. The maximum Gasteiger partial charge on any atom is 0.335 e. The van der Waals surface area contributed by atoms with E-state index in [-0.39, 0.29) is 11.3 Å². The van der Waals surface area contributed by atoms with Crippen LogP contribution in [0.2, 0.25) is 0 Å². The average Bonchev–Trinajstić information content (AvgIpc) is 2.55. The highest BCUT2D eigenvalue weighted by atomic mass is 16.6. The zero-order valence-corrected chi connectivity index (χ0v) is 12.9. The molecule has 0 amide bonds. The van der Waals surface area contributed by atoms with Crippen molar-refractivity contribution in [3.05, 3.63) is 82.0 Å². The quantitative estimate of drug-likeness (QED) is 0.378. The molecule has 0 aliphatic rings. The van der Waals surface area contributed by atoms with Gasteiger partial charge in [0.25, 0.3) is 5.69 Å².